The fourth-order valence-electron chi connectivity index (χ4n) is 4.72. The van der Waals surface area contributed by atoms with Crippen LogP contribution in [-0.4, -0.2) is 30.1 Å². The average Bonchev–Trinajstić information content (AvgIpc) is 3.61. The summed E-state index contributed by atoms with van der Waals surface area (Å²) in [6.07, 6.45) is 8.98. The van der Waals surface area contributed by atoms with Crippen molar-refractivity contribution in [2.75, 3.05) is 0 Å². The smallest absolute Gasteiger partial charge is 0.138 e. The summed E-state index contributed by atoms with van der Waals surface area (Å²) in [4.78, 5) is 16.7. The molecule has 0 aliphatic rings. The Kier molecular flexibility index (Phi) is 5.37. The molecule has 0 saturated carbocycles. The lowest BCUT2D eigenvalue weighted by molar-refractivity contribution is 0.305. The van der Waals surface area contributed by atoms with Crippen molar-refractivity contribution in [1.82, 2.24) is 30.1 Å². The molecular formula is C31H22N6O. The molecular weight excluding hydrogens is 472 g/mol. The molecule has 5 aromatic heterocycles. The lowest BCUT2D eigenvalue weighted by Gasteiger charge is -2.08. The Morgan fingerprint density at radius 1 is 0.658 bits per heavy atom. The van der Waals surface area contributed by atoms with Gasteiger partial charge in [0.2, 0.25) is 0 Å². The molecule has 0 radical (unpaired) electrons. The third kappa shape index (κ3) is 4.06. The monoisotopic (exact) mass is 494 g/mol. The molecule has 0 fully saturated rings. The molecule has 0 amide bonds. The second-order valence-corrected chi connectivity index (χ2v) is 9.06. The van der Waals surface area contributed by atoms with Gasteiger partial charge in [-0.2, -0.15) is 5.10 Å². The van der Waals surface area contributed by atoms with Gasteiger partial charge in [-0.1, -0.05) is 36.4 Å². The van der Waals surface area contributed by atoms with Gasteiger partial charge in [-0.25, -0.2) is 0 Å². The summed E-state index contributed by atoms with van der Waals surface area (Å²) >= 11 is 0. The highest BCUT2D eigenvalue weighted by Gasteiger charge is 2.15. The minimum atomic E-state index is 0.494. The predicted molar refractivity (Wildman–Crippen MR) is 148 cm³/mol. The summed E-state index contributed by atoms with van der Waals surface area (Å²) in [5, 5.41) is 9.88. The van der Waals surface area contributed by atoms with E-state index in [1.54, 1.807) is 18.6 Å². The summed E-state index contributed by atoms with van der Waals surface area (Å²) in [5.41, 5.74) is 8.79. The Hall–Kier alpha value is -5.30. The number of H-pyrrole nitrogens is 2. The molecule has 2 N–H and O–H groups in total. The number of nitrogens with zero attached hydrogens (tertiary/aromatic N) is 4. The Balaban J connectivity index is 1.24. The quantitative estimate of drug-likeness (QED) is 0.265. The average molecular weight is 495 g/mol. The highest BCUT2D eigenvalue weighted by molar-refractivity contribution is 6.00. The van der Waals surface area contributed by atoms with Gasteiger partial charge in [-0.3, -0.25) is 20.1 Å². The summed E-state index contributed by atoms with van der Waals surface area (Å²) in [6.45, 7) is 0.494. The first-order chi connectivity index (χ1) is 18.8. The molecule has 0 bridgehead atoms. The van der Waals surface area contributed by atoms with E-state index in [-0.39, 0.29) is 0 Å². The predicted octanol–water partition coefficient (Wildman–Crippen LogP) is 6.81. The molecule has 2 aromatic carbocycles. The van der Waals surface area contributed by atoms with Crippen LogP contribution in [0.1, 0.15) is 5.56 Å². The lowest BCUT2D eigenvalue weighted by atomic mass is 10.0. The number of benzene rings is 2. The molecule has 5 heterocycles. The topological polar surface area (TPSA) is 92.4 Å². The minimum Gasteiger partial charge on any atom is -0.487 e. The van der Waals surface area contributed by atoms with Crippen molar-refractivity contribution in [1.29, 1.82) is 0 Å². The van der Waals surface area contributed by atoms with Crippen LogP contribution in [0.5, 0.6) is 5.75 Å². The summed E-state index contributed by atoms with van der Waals surface area (Å²) in [5.74, 6) is 0.727. The number of rotatable bonds is 6. The summed E-state index contributed by atoms with van der Waals surface area (Å²) < 4.78 is 6.01. The van der Waals surface area contributed by atoms with Gasteiger partial charge in [0.25, 0.3) is 0 Å². The van der Waals surface area contributed by atoms with Crippen molar-refractivity contribution in [2.24, 2.45) is 0 Å². The summed E-state index contributed by atoms with van der Waals surface area (Å²) in [6, 6.07) is 26.4. The van der Waals surface area contributed by atoms with E-state index in [2.05, 4.69) is 48.3 Å². The van der Waals surface area contributed by atoms with Crippen LogP contribution in [0.25, 0.3) is 55.6 Å². The maximum Gasteiger partial charge on any atom is 0.138 e. The first-order valence-electron chi connectivity index (χ1n) is 12.3. The van der Waals surface area contributed by atoms with Gasteiger partial charge in [0, 0.05) is 52.2 Å². The third-order valence-corrected chi connectivity index (χ3v) is 6.61. The Morgan fingerprint density at radius 2 is 1.53 bits per heavy atom. The van der Waals surface area contributed by atoms with Crippen LogP contribution in [-0.2, 0) is 6.61 Å². The minimum absolute atomic E-state index is 0.494. The summed E-state index contributed by atoms with van der Waals surface area (Å²) in [7, 11) is 0. The SMILES string of the molecule is c1ccc(COc2cncc(-c3ccc4[nH]nc(-c5cc6c(-c7ccncc7)nccc6[nH]5)c4c3)c2)cc1. The second-order valence-electron chi connectivity index (χ2n) is 9.06. The molecule has 7 heteroatoms. The Morgan fingerprint density at radius 3 is 2.42 bits per heavy atom. The molecule has 0 aliphatic carbocycles. The fourth-order valence-corrected chi connectivity index (χ4v) is 4.72. The molecule has 7 aromatic rings. The normalized spacial score (nSPS) is 11.3. The molecule has 38 heavy (non-hydrogen) atoms. The van der Waals surface area contributed by atoms with E-state index in [0.29, 0.717) is 6.61 Å². The van der Waals surface area contributed by atoms with Gasteiger partial charge >= 0.3 is 0 Å². The second kappa shape index (κ2) is 9.29. The van der Waals surface area contributed by atoms with E-state index in [1.807, 2.05) is 73.1 Å². The van der Waals surface area contributed by atoms with Gasteiger partial charge in [0.1, 0.15) is 18.1 Å². The molecule has 0 saturated heterocycles. The van der Waals surface area contributed by atoms with E-state index in [9.17, 15) is 0 Å². The number of ether oxygens (including phenoxy) is 1. The van der Waals surface area contributed by atoms with Gasteiger partial charge in [0.15, 0.2) is 0 Å². The number of aromatic amines is 2. The van der Waals surface area contributed by atoms with Crippen molar-refractivity contribution in [3.63, 3.8) is 0 Å². The van der Waals surface area contributed by atoms with Crippen LogP contribution in [0.3, 0.4) is 0 Å². The van der Waals surface area contributed by atoms with Crippen LogP contribution in [0.2, 0.25) is 0 Å². The third-order valence-electron chi connectivity index (χ3n) is 6.61. The number of nitrogens with one attached hydrogen (secondary N) is 2. The van der Waals surface area contributed by atoms with E-state index in [0.717, 1.165) is 66.9 Å². The maximum absolute atomic E-state index is 6.01. The van der Waals surface area contributed by atoms with Gasteiger partial charge < -0.3 is 9.72 Å². The lowest BCUT2D eigenvalue weighted by Crippen LogP contribution is -1.95. The molecule has 0 spiro atoms. The van der Waals surface area contributed by atoms with Crippen LogP contribution < -0.4 is 4.74 Å². The zero-order valence-corrected chi connectivity index (χ0v) is 20.3. The van der Waals surface area contributed by atoms with Crippen molar-refractivity contribution < 1.29 is 4.74 Å². The molecule has 182 valence electrons. The number of hydrogen-bond acceptors (Lipinski definition) is 5. The van der Waals surface area contributed by atoms with Crippen molar-refractivity contribution in [3.8, 4) is 39.5 Å². The highest BCUT2D eigenvalue weighted by Crippen LogP contribution is 2.34. The number of aromatic nitrogens is 6. The fraction of sp³-hybridized carbons (Fsp3) is 0.0323. The van der Waals surface area contributed by atoms with Crippen LogP contribution in [0, 0.1) is 0 Å². The molecule has 0 aliphatic heterocycles. The van der Waals surface area contributed by atoms with Gasteiger partial charge in [-0.05, 0) is 53.6 Å². The first kappa shape index (κ1) is 21.9. The largest absolute Gasteiger partial charge is 0.487 e. The van der Waals surface area contributed by atoms with Crippen molar-refractivity contribution >= 4 is 21.8 Å². The zero-order valence-electron chi connectivity index (χ0n) is 20.3. The number of pyridine rings is 3. The number of fused-ring (bicyclic) bond motifs is 2. The first-order valence-corrected chi connectivity index (χ1v) is 12.3. The van der Waals surface area contributed by atoms with E-state index in [1.165, 1.54) is 0 Å². The van der Waals surface area contributed by atoms with E-state index < -0.39 is 0 Å². The van der Waals surface area contributed by atoms with Crippen molar-refractivity contribution in [2.45, 2.75) is 6.61 Å². The number of hydrogen-bond donors (Lipinski definition) is 2. The van der Waals surface area contributed by atoms with E-state index >= 15 is 0 Å². The van der Waals surface area contributed by atoms with Crippen LogP contribution in [0.4, 0.5) is 0 Å². The van der Waals surface area contributed by atoms with E-state index in [4.69, 9.17) is 4.74 Å². The standard InChI is InChI=1S/C31H22N6O/c1-2-4-20(5-3-1)19-38-24-14-23(17-33-18-24)22-6-7-28-25(15-22)31(37-36-28)29-16-26-27(35-29)10-13-34-30(26)21-8-11-32-12-9-21/h1-18,35H,19H2,(H,36,37). The van der Waals surface area contributed by atoms with Crippen LogP contribution in [0.15, 0.2) is 110 Å². The molecule has 0 atom stereocenters. The molecule has 7 nitrogen and oxygen atoms in total. The van der Waals surface area contributed by atoms with Gasteiger partial charge in [-0.15, -0.1) is 0 Å². The van der Waals surface area contributed by atoms with Gasteiger partial charge in [0.05, 0.1) is 23.1 Å². The van der Waals surface area contributed by atoms with Crippen LogP contribution >= 0.6 is 0 Å². The Bertz CT molecular complexity index is 1880. The Labute approximate surface area is 218 Å². The maximum atomic E-state index is 6.01. The molecule has 7 rings (SSSR count). The highest BCUT2D eigenvalue weighted by atomic mass is 16.5. The van der Waals surface area contributed by atoms with Crippen molar-refractivity contribution in [3.05, 3.63) is 115 Å². The molecule has 0 unspecified atom stereocenters. The zero-order chi connectivity index (χ0) is 25.3.